The standard InChI is InChI=1S/C9H9N5O4S/c10-8-7(13-18-14-8)9(15)12-5-1-3-6(4-2-5)19(11,16)17/h1-4H,(H2,10,14)(H,12,15)(H2,11,16,17). The molecule has 1 amide bonds. The van der Waals surface area contributed by atoms with Gasteiger partial charge in [0.05, 0.1) is 4.90 Å². The lowest BCUT2D eigenvalue weighted by molar-refractivity contribution is 0.101. The summed E-state index contributed by atoms with van der Waals surface area (Å²) in [7, 11) is -3.77. The van der Waals surface area contributed by atoms with E-state index in [1.807, 2.05) is 0 Å². The Kier molecular flexibility index (Phi) is 3.19. The predicted octanol–water partition coefficient (Wildman–Crippen LogP) is -0.448. The van der Waals surface area contributed by atoms with Gasteiger partial charge in [0, 0.05) is 5.69 Å². The summed E-state index contributed by atoms with van der Waals surface area (Å²) >= 11 is 0. The van der Waals surface area contributed by atoms with Crippen molar-refractivity contribution in [2.75, 3.05) is 11.1 Å². The number of aromatic nitrogens is 2. The number of benzene rings is 1. The van der Waals surface area contributed by atoms with E-state index in [4.69, 9.17) is 10.9 Å². The smallest absolute Gasteiger partial charge is 0.281 e. The summed E-state index contributed by atoms with van der Waals surface area (Å²) in [6.07, 6.45) is 0. The fraction of sp³-hybridized carbons (Fsp3) is 0. The lowest BCUT2D eigenvalue weighted by Crippen LogP contribution is -2.15. The molecule has 0 saturated heterocycles. The molecule has 0 aliphatic carbocycles. The van der Waals surface area contributed by atoms with Gasteiger partial charge in [0.15, 0.2) is 0 Å². The van der Waals surface area contributed by atoms with Gasteiger partial charge in [0.1, 0.15) is 0 Å². The van der Waals surface area contributed by atoms with Crippen LogP contribution in [0.1, 0.15) is 10.5 Å². The number of nitrogens with two attached hydrogens (primary N) is 2. The molecular formula is C9H9N5O4S. The first-order chi connectivity index (χ1) is 8.88. The number of hydrogen-bond acceptors (Lipinski definition) is 7. The molecule has 100 valence electrons. The molecule has 1 aromatic heterocycles. The minimum absolute atomic E-state index is 0.0619. The van der Waals surface area contributed by atoms with Crippen molar-refractivity contribution in [2.45, 2.75) is 4.90 Å². The first-order valence-electron chi connectivity index (χ1n) is 4.90. The molecule has 9 nitrogen and oxygen atoms in total. The van der Waals surface area contributed by atoms with Crippen LogP contribution in [0.5, 0.6) is 0 Å². The molecule has 2 aromatic rings. The number of sulfonamides is 1. The van der Waals surface area contributed by atoms with Gasteiger partial charge in [-0.1, -0.05) is 0 Å². The van der Waals surface area contributed by atoms with Crippen LogP contribution in [-0.4, -0.2) is 24.6 Å². The second kappa shape index (κ2) is 4.66. The maximum Gasteiger partial charge on any atom is 0.281 e. The first kappa shape index (κ1) is 13.0. The van der Waals surface area contributed by atoms with Crippen LogP contribution in [0.4, 0.5) is 11.5 Å². The molecule has 0 aliphatic rings. The molecule has 0 atom stereocenters. The van der Waals surface area contributed by atoms with E-state index in [-0.39, 0.29) is 16.4 Å². The van der Waals surface area contributed by atoms with Gasteiger partial charge in [-0.05, 0) is 34.6 Å². The second-order valence-corrected chi connectivity index (χ2v) is 5.08. The lowest BCUT2D eigenvalue weighted by atomic mass is 10.3. The Morgan fingerprint density at radius 1 is 1.21 bits per heavy atom. The third-order valence-electron chi connectivity index (χ3n) is 2.17. The fourth-order valence-electron chi connectivity index (χ4n) is 1.27. The van der Waals surface area contributed by atoms with Crippen molar-refractivity contribution in [2.24, 2.45) is 5.14 Å². The molecule has 0 bridgehead atoms. The van der Waals surface area contributed by atoms with Gasteiger partial charge in [0.2, 0.25) is 21.5 Å². The topological polar surface area (TPSA) is 154 Å². The second-order valence-electron chi connectivity index (χ2n) is 3.52. The third kappa shape index (κ3) is 2.86. The summed E-state index contributed by atoms with van der Waals surface area (Å²) in [6, 6.07) is 5.27. The minimum atomic E-state index is -3.77. The molecule has 0 spiro atoms. The predicted molar refractivity (Wildman–Crippen MR) is 64.5 cm³/mol. The molecule has 0 radical (unpaired) electrons. The van der Waals surface area contributed by atoms with Crippen molar-refractivity contribution in [1.29, 1.82) is 0 Å². The minimum Gasteiger partial charge on any atom is -0.379 e. The van der Waals surface area contributed by atoms with Gasteiger partial charge in [-0.2, -0.15) is 0 Å². The van der Waals surface area contributed by atoms with E-state index in [0.29, 0.717) is 5.69 Å². The molecular weight excluding hydrogens is 274 g/mol. The molecule has 5 N–H and O–H groups in total. The number of anilines is 2. The van der Waals surface area contributed by atoms with E-state index < -0.39 is 15.9 Å². The average molecular weight is 283 g/mol. The Labute approximate surface area is 107 Å². The molecule has 0 fully saturated rings. The van der Waals surface area contributed by atoms with Gasteiger partial charge in [-0.25, -0.2) is 18.2 Å². The van der Waals surface area contributed by atoms with Crippen molar-refractivity contribution >= 4 is 27.4 Å². The van der Waals surface area contributed by atoms with Crippen molar-refractivity contribution in [3.05, 3.63) is 30.0 Å². The number of rotatable bonds is 3. The van der Waals surface area contributed by atoms with Crippen molar-refractivity contribution in [3.8, 4) is 0 Å². The molecule has 2 rings (SSSR count). The zero-order valence-corrected chi connectivity index (χ0v) is 10.2. The molecule has 0 unspecified atom stereocenters. The van der Waals surface area contributed by atoms with E-state index in [1.54, 1.807) is 0 Å². The number of nitrogens with zero attached hydrogens (tertiary/aromatic N) is 2. The lowest BCUT2D eigenvalue weighted by Gasteiger charge is -2.03. The summed E-state index contributed by atoms with van der Waals surface area (Å²) in [5.41, 5.74) is 5.54. The highest BCUT2D eigenvalue weighted by atomic mass is 32.2. The molecule has 19 heavy (non-hydrogen) atoms. The zero-order chi connectivity index (χ0) is 14.0. The number of primary sulfonamides is 1. The Hall–Kier alpha value is -2.46. The van der Waals surface area contributed by atoms with Crippen LogP contribution >= 0.6 is 0 Å². The summed E-state index contributed by atoms with van der Waals surface area (Å²) in [6.45, 7) is 0. The van der Waals surface area contributed by atoms with E-state index in [0.717, 1.165) is 0 Å². The maximum atomic E-state index is 11.7. The highest BCUT2D eigenvalue weighted by molar-refractivity contribution is 7.89. The number of amides is 1. The van der Waals surface area contributed by atoms with E-state index in [1.165, 1.54) is 24.3 Å². The van der Waals surface area contributed by atoms with Crippen LogP contribution in [-0.2, 0) is 10.0 Å². The number of carbonyl (C=O) groups is 1. The van der Waals surface area contributed by atoms with Gasteiger partial charge in [0.25, 0.3) is 5.91 Å². The van der Waals surface area contributed by atoms with Crippen LogP contribution in [0.2, 0.25) is 0 Å². The highest BCUT2D eigenvalue weighted by Gasteiger charge is 2.16. The van der Waals surface area contributed by atoms with Crippen LogP contribution in [0, 0.1) is 0 Å². The van der Waals surface area contributed by atoms with Gasteiger partial charge in [-0.15, -0.1) is 0 Å². The summed E-state index contributed by atoms with van der Waals surface area (Å²) in [5, 5.41) is 14.0. The first-order valence-corrected chi connectivity index (χ1v) is 6.45. The number of hydrogen-bond donors (Lipinski definition) is 3. The van der Waals surface area contributed by atoms with Crippen LogP contribution < -0.4 is 16.2 Å². The third-order valence-corrected chi connectivity index (χ3v) is 3.10. The molecule has 10 heteroatoms. The summed E-state index contributed by atoms with van der Waals surface area (Å²) in [4.78, 5) is 11.6. The normalized spacial score (nSPS) is 11.2. The monoisotopic (exact) mass is 283 g/mol. The van der Waals surface area contributed by atoms with Crippen LogP contribution in [0.3, 0.4) is 0 Å². The van der Waals surface area contributed by atoms with Gasteiger partial charge >= 0.3 is 0 Å². The maximum absolute atomic E-state index is 11.7. The average Bonchev–Trinajstić information content (AvgIpc) is 2.75. The molecule has 1 heterocycles. The van der Waals surface area contributed by atoms with Crippen molar-refractivity contribution in [1.82, 2.24) is 10.3 Å². The van der Waals surface area contributed by atoms with Crippen molar-refractivity contribution in [3.63, 3.8) is 0 Å². The highest BCUT2D eigenvalue weighted by Crippen LogP contribution is 2.14. The van der Waals surface area contributed by atoms with E-state index >= 15 is 0 Å². The SMILES string of the molecule is Nc1nonc1C(=O)Nc1ccc(S(N)(=O)=O)cc1. The summed E-state index contributed by atoms with van der Waals surface area (Å²) < 4.78 is 26.4. The Morgan fingerprint density at radius 2 is 1.84 bits per heavy atom. The molecule has 0 saturated carbocycles. The van der Waals surface area contributed by atoms with Crippen molar-refractivity contribution < 1.29 is 17.8 Å². The quantitative estimate of drug-likeness (QED) is 0.689. The largest absolute Gasteiger partial charge is 0.379 e. The summed E-state index contributed by atoms with van der Waals surface area (Å²) in [5.74, 6) is -0.763. The fourth-order valence-corrected chi connectivity index (χ4v) is 1.79. The number of carbonyl (C=O) groups excluding carboxylic acids is 1. The Balaban J connectivity index is 2.17. The van der Waals surface area contributed by atoms with Crippen LogP contribution in [0.25, 0.3) is 0 Å². The van der Waals surface area contributed by atoms with Crippen LogP contribution in [0.15, 0.2) is 33.8 Å². The zero-order valence-electron chi connectivity index (χ0n) is 9.40. The molecule has 0 aliphatic heterocycles. The Bertz CT molecular complexity index is 706. The number of nitrogen functional groups attached to an aromatic ring is 1. The molecule has 1 aromatic carbocycles. The van der Waals surface area contributed by atoms with E-state index in [2.05, 4.69) is 20.3 Å². The Morgan fingerprint density at radius 3 is 2.32 bits per heavy atom. The number of nitrogens with one attached hydrogen (secondary N) is 1. The van der Waals surface area contributed by atoms with Gasteiger partial charge < -0.3 is 11.1 Å². The van der Waals surface area contributed by atoms with Gasteiger partial charge in [-0.3, -0.25) is 4.79 Å². The van der Waals surface area contributed by atoms with E-state index in [9.17, 15) is 13.2 Å².